The number of sulfonamides is 2. The predicted octanol–water partition coefficient (Wildman–Crippen LogP) is 2.91. The molecule has 56 heavy (non-hydrogen) atoms. The Morgan fingerprint density at radius 1 is 1.04 bits per heavy atom. The minimum atomic E-state index is -3.97. The number of rotatable bonds is 14. The minimum absolute atomic E-state index is 0.0378. The van der Waals surface area contributed by atoms with E-state index in [1.165, 1.54) is 25.4 Å². The lowest BCUT2D eigenvalue weighted by atomic mass is 9.73. The third kappa shape index (κ3) is 6.92. The van der Waals surface area contributed by atoms with Crippen LogP contribution >= 0.6 is 0 Å². The molecule has 6 atom stereocenters. The van der Waals surface area contributed by atoms with Gasteiger partial charge in [0.2, 0.25) is 21.8 Å². The number of nitrogens with zero attached hydrogens (tertiary/aromatic N) is 3. The summed E-state index contributed by atoms with van der Waals surface area (Å²) >= 11 is 0. The molecule has 1 aromatic heterocycles. The van der Waals surface area contributed by atoms with Crippen molar-refractivity contribution in [2.75, 3.05) is 20.1 Å². The summed E-state index contributed by atoms with van der Waals surface area (Å²) in [6, 6.07) is 1.22. The van der Waals surface area contributed by atoms with Crippen LogP contribution in [0.2, 0.25) is 0 Å². The number of hydrogen-bond donors (Lipinski definition) is 4. The monoisotopic (exact) mass is 817 g/mol. The van der Waals surface area contributed by atoms with E-state index in [0.717, 1.165) is 23.6 Å². The molecule has 0 aromatic carbocycles. The maximum absolute atomic E-state index is 14.8. The summed E-state index contributed by atoms with van der Waals surface area (Å²) in [4.78, 5) is 62.1. The fourth-order valence-corrected chi connectivity index (χ4v) is 12.1. The van der Waals surface area contributed by atoms with Gasteiger partial charge in [0.25, 0.3) is 15.9 Å². The highest BCUT2D eigenvalue weighted by atomic mass is 32.2. The van der Waals surface area contributed by atoms with Crippen molar-refractivity contribution in [3.63, 3.8) is 0 Å². The Labute approximate surface area is 331 Å². The zero-order valence-electron chi connectivity index (χ0n) is 33.8. The molecule has 2 heterocycles. The van der Waals surface area contributed by atoms with Gasteiger partial charge < -0.3 is 20.9 Å². The standard InChI is InChI=1S/C39H59N7O8S2/c1-10-25-20-39(25,33(49)44-55(51,52)26-15-16-26)43-31(47)27-21-38(36(7,8)37(38)17-13-18-37)23-46(27)32(48)30(24(2)3)42-34(50)41-28(35(4,5)6)22-45(9)56(53,54)29-14-11-12-19-40-29/h10-12,14,19,24-28,30H,1,13,15-18,20-23H2,2-9H3,(H,43,47)(H,44,49)(H2,41,42,50)/t25-,27+,28-,30+,38-,39-/m1/s1. The van der Waals surface area contributed by atoms with Crippen molar-refractivity contribution in [2.45, 2.75) is 127 Å². The molecule has 4 aliphatic carbocycles. The molecule has 0 bridgehead atoms. The Bertz CT molecular complexity index is 1990. The van der Waals surface area contributed by atoms with Crippen molar-refractivity contribution in [3.05, 3.63) is 37.1 Å². The highest BCUT2D eigenvalue weighted by molar-refractivity contribution is 7.91. The SMILES string of the molecule is C=C[C@@H]1C[C@]1(NC(=O)[C@@H]1C[C@@]2(CN1C(=O)[C@@H](NC(=O)N[C@H](CN(C)S(=O)(=O)c1ccccn1)C(C)(C)C)C(C)C)C(C)(C)C21CCC1)C(=O)NS(=O)(=O)C1CC1. The van der Waals surface area contributed by atoms with Crippen LogP contribution in [0, 0.1) is 33.5 Å². The van der Waals surface area contributed by atoms with Crippen LogP contribution in [0.5, 0.6) is 0 Å². The van der Waals surface area contributed by atoms with Crippen LogP contribution < -0.4 is 20.7 Å². The molecule has 5 amide bonds. The fraction of sp³-hybridized carbons (Fsp3) is 0.718. The van der Waals surface area contributed by atoms with E-state index in [1.807, 2.05) is 20.8 Å². The van der Waals surface area contributed by atoms with Crippen molar-refractivity contribution >= 4 is 43.8 Å². The summed E-state index contributed by atoms with van der Waals surface area (Å²) in [5.41, 5.74) is -2.67. The number of hydrogen-bond acceptors (Lipinski definition) is 9. The molecule has 17 heteroatoms. The van der Waals surface area contributed by atoms with Gasteiger partial charge in [-0.3, -0.25) is 19.1 Å². The van der Waals surface area contributed by atoms with E-state index < -0.39 is 90.0 Å². The van der Waals surface area contributed by atoms with Gasteiger partial charge in [0.05, 0.1) is 5.25 Å². The first-order valence-corrected chi connectivity index (χ1v) is 22.6. The Kier molecular flexibility index (Phi) is 10.6. The van der Waals surface area contributed by atoms with Crippen molar-refractivity contribution in [1.29, 1.82) is 0 Å². The summed E-state index contributed by atoms with van der Waals surface area (Å²) < 4.78 is 55.4. The average Bonchev–Trinajstić information content (AvgIpc) is 4.04. The average molecular weight is 818 g/mol. The molecule has 5 fully saturated rings. The largest absolute Gasteiger partial charge is 0.339 e. The highest BCUT2D eigenvalue weighted by Crippen LogP contribution is 2.88. The van der Waals surface area contributed by atoms with E-state index in [-0.39, 0.29) is 34.2 Å². The highest BCUT2D eigenvalue weighted by Gasteiger charge is 2.85. The Morgan fingerprint density at radius 2 is 1.70 bits per heavy atom. The molecular weight excluding hydrogens is 759 g/mol. The maximum atomic E-state index is 14.8. The van der Waals surface area contributed by atoms with E-state index in [0.29, 0.717) is 25.8 Å². The quantitative estimate of drug-likeness (QED) is 0.204. The molecule has 2 spiro atoms. The number of nitrogens with one attached hydrogen (secondary N) is 4. The van der Waals surface area contributed by atoms with Gasteiger partial charge in [0.1, 0.15) is 17.6 Å². The van der Waals surface area contributed by atoms with Gasteiger partial charge in [0.15, 0.2) is 5.03 Å². The molecule has 15 nitrogen and oxygen atoms in total. The number of likely N-dealkylation sites (N-methyl/N-ethyl adjacent to an activating group) is 1. The van der Waals surface area contributed by atoms with Crippen molar-refractivity contribution in [1.82, 2.24) is 34.9 Å². The smallest absolute Gasteiger partial charge is 0.315 e. The van der Waals surface area contributed by atoms with Gasteiger partial charge in [-0.2, -0.15) is 4.31 Å². The van der Waals surface area contributed by atoms with Crippen LogP contribution in [0.4, 0.5) is 4.79 Å². The number of carbonyl (C=O) groups is 4. The molecule has 0 radical (unpaired) electrons. The lowest BCUT2D eigenvalue weighted by molar-refractivity contribution is -0.141. The first-order chi connectivity index (χ1) is 25.9. The number of carbonyl (C=O) groups excluding carboxylic acids is 4. The van der Waals surface area contributed by atoms with Crippen molar-refractivity contribution in [3.8, 4) is 0 Å². The van der Waals surface area contributed by atoms with E-state index in [9.17, 15) is 36.0 Å². The lowest BCUT2D eigenvalue weighted by Crippen LogP contribution is -2.61. The second-order valence-corrected chi connectivity index (χ2v) is 22.7. The zero-order chi connectivity index (χ0) is 41.4. The summed E-state index contributed by atoms with van der Waals surface area (Å²) in [6.45, 7) is 17.6. The summed E-state index contributed by atoms with van der Waals surface area (Å²) in [5.74, 6) is -2.69. The Hall–Kier alpha value is -3.57. The van der Waals surface area contributed by atoms with E-state index in [2.05, 4.69) is 46.1 Å². The summed E-state index contributed by atoms with van der Waals surface area (Å²) in [6.07, 6.45) is 7.43. The Balaban J connectivity index is 1.22. The van der Waals surface area contributed by atoms with Crippen LogP contribution in [-0.4, -0.2) is 104 Å². The number of amides is 5. The van der Waals surface area contributed by atoms with Crippen molar-refractivity contribution in [2.24, 2.45) is 33.5 Å². The normalized spacial score (nSPS) is 28.6. The molecular formula is C39H59N7O8S2. The second kappa shape index (κ2) is 14.1. The fourth-order valence-electron chi connectivity index (χ4n) is 9.67. The molecule has 1 aliphatic heterocycles. The zero-order valence-corrected chi connectivity index (χ0v) is 35.5. The van der Waals surface area contributed by atoms with Gasteiger partial charge in [-0.1, -0.05) is 67.0 Å². The van der Waals surface area contributed by atoms with Gasteiger partial charge in [-0.15, -0.1) is 6.58 Å². The number of fused-ring (bicyclic) bond motifs is 1. The molecule has 4 N–H and O–H groups in total. The number of urea groups is 1. The molecule has 5 aliphatic rings. The first kappa shape index (κ1) is 42.0. The molecule has 1 aromatic rings. The lowest BCUT2D eigenvalue weighted by Gasteiger charge is -2.35. The molecule has 4 saturated carbocycles. The van der Waals surface area contributed by atoms with Gasteiger partial charge in [-0.05, 0) is 72.8 Å². The topological polar surface area (TPSA) is 204 Å². The van der Waals surface area contributed by atoms with E-state index >= 15 is 0 Å². The predicted molar refractivity (Wildman–Crippen MR) is 209 cm³/mol. The number of pyridine rings is 1. The third-order valence-corrected chi connectivity index (χ3v) is 17.5. The Morgan fingerprint density at radius 3 is 2.18 bits per heavy atom. The van der Waals surface area contributed by atoms with Gasteiger partial charge in [0, 0.05) is 43.7 Å². The summed E-state index contributed by atoms with van der Waals surface area (Å²) in [7, 11) is -6.43. The number of likely N-dealkylation sites (tertiary alicyclic amines) is 1. The van der Waals surface area contributed by atoms with Crippen LogP contribution in [0.15, 0.2) is 42.1 Å². The van der Waals surface area contributed by atoms with E-state index in [1.54, 1.807) is 30.9 Å². The molecule has 0 unspecified atom stereocenters. The third-order valence-electron chi connectivity index (χ3n) is 14.0. The molecule has 1 saturated heterocycles. The van der Waals surface area contributed by atoms with Crippen LogP contribution in [0.1, 0.15) is 93.4 Å². The minimum Gasteiger partial charge on any atom is -0.339 e. The molecule has 310 valence electrons. The van der Waals surface area contributed by atoms with Crippen LogP contribution in [0.25, 0.3) is 0 Å². The van der Waals surface area contributed by atoms with E-state index in [4.69, 9.17) is 0 Å². The van der Waals surface area contributed by atoms with Crippen LogP contribution in [-0.2, 0) is 34.4 Å². The first-order valence-electron chi connectivity index (χ1n) is 19.7. The van der Waals surface area contributed by atoms with Gasteiger partial charge >= 0.3 is 6.03 Å². The number of aromatic nitrogens is 1. The summed E-state index contributed by atoms with van der Waals surface area (Å²) in [5, 5.41) is 7.91. The maximum Gasteiger partial charge on any atom is 0.315 e. The molecule has 6 rings (SSSR count). The van der Waals surface area contributed by atoms with Crippen molar-refractivity contribution < 1.29 is 36.0 Å². The van der Waals surface area contributed by atoms with Crippen LogP contribution in [0.3, 0.4) is 0 Å². The second-order valence-electron chi connectivity index (χ2n) is 18.7. The van der Waals surface area contributed by atoms with Gasteiger partial charge in [-0.25, -0.2) is 26.6 Å².